The molecule has 0 heteroatoms. The van der Waals surface area contributed by atoms with Crippen molar-refractivity contribution in [3.8, 4) is 0 Å². The van der Waals surface area contributed by atoms with Gasteiger partial charge >= 0.3 is 0 Å². The number of fused-ring (bicyclic) bond motifs is 2. The van der Waals surface area contributed by atoms with Crippen molar-refractivity contribution in [3.63, 3.8) is 0 Å². The minimum Gasteiger partial charge on any atom is -0.0987 e. The van der Waals surface area contributed by atoms with Crippen LogP contribution in [-0.2, 0) is 0 Å². The van der Waals surface area contributed by atoms with E-state index in [0.29, 0.717) is 0 Å². The smallest absolute Gasteiger partial charge is 0.00195 e. The fourth-order valence-electron chi connectivity index (χ4n) is 1.71. The molecule has 2 unspecified atom stereocenters. The minimum atomic E-state index is 0.764. The molecule has 0 aromatic rings. The minimum absolute atomic E-state index is 0.764. The quantitative estimate of drug-likeness (QED) is 0.415. The predicted octanol–water partition coefficient (Wildman–Crippen LogP) is 2.14. The van der Waals surface area contributed by atoms with Gasteiger partial charge in [0.05, 0.1) is 0 Å². The zero-order chi connectivity index (χ0) is 5.56. The molecule has 0 N–H and O–H groups in total. The largest absolute Gasteiger partial charge is 0.0987 e. The normalized spacial score (nSPS) is 41.8. The second-order valence-electron chi connectivity index (χ2n) is 2.75. The molecule has 2 aliphatic carbocycles. The molecule has 0 nitrogen and oxygen atoms in total. The molecule has 1 saturated carbocycles. The second-order valence-corrected chi connectivity index (χ2v) is 2.75. The van der Waals surface area contributed by atoms with Crippen LogP contribution in [-0.4, -0.2) is 0 Å². The van der Waals surface area contributed by atoms with E-state index in [1.807, 2.05) is 0 Å². The summed E-state index contributed by atoms with van der Waals surface area (Å²) < 4.78 is 0. The summed E-state index contributed by atoms with van der Waals surface area (Å²) in [5, 5.41) is 0. The number of hydrogen-bond donors (Lipinski definition) is 0. The van der Waals surface area contributed by atoms with Gasteiger partial charge in [-0.3, -0.25) is 0 Å². The van der Waals surface area contributed by atoms with Gasteiger partial charge in [0.1, 0.15) is 0 Å². The first-order chi connectivity index (χ1) is 3.88. The van der Waals surface area contributed by atoms with Crippen molar-refractivity contribution in [2.75, 3.05) is 0 Å². The Balaban J connectivity index is 2.39. The third kappa shape index (κ3) is 0.360. The van der Waals surface area contributed by atoms with Crippen LogP contribution in [0.25, 0.3) is 0 Å². The van der Waals surface area contributed by atoms with E-state index >= 15 is 0 Å². The van der Waals surface area contributed by atoms with Crippen LogP contribution in [0, 0.1) is 11.8 Å². The van der Waals surface area contributed by atoms with E-state index in [0.717, 1.165) is 11.8 Å². The monoisotopic (exact) mass is 106 g/mol. The molecule has 0 aliphatic heterocycles. The molecular weight excluding hydrogens is 96.1 g/mol. The molecule has 2 aliphatic rings. The highest BCUT2D eigenvalue weighted by atomic mass is 14.3. The van der Waals surface area contributed by atoms with Gasteiger partial charge in [-0.1, -0.05) is 24.3 Å². The van der Waals surface area contributed by atoms with E-state index < -0.39 is 0 Å². The molecule has 0 spiro atoms. The lowest BCUT2D eigenvalue weighted by atomic mass is 10.1. The molecule has 0 amide bonds. The fraction of sp³-hybridized carbons (Fsp3) is 0.500. The maximum atomic E-state index is 4.02. The average Bonchev–Trinajstić information content (AvgIpc) is 2.29. The van der Waals surface area contributed by atoms with Crippen molar-refractivity contribution < 1.29 is 0 Å². The van der Waals surface area contributed by atoms with E-state index in [4.69, 9.17) is 0 Å². The summed E-state index contributed by atoms with van der Waals surface area (Å²) in [6, 6.07) is 0. The summed E-state index contributed by atoms with van der Waals surface area (Å²) in [6.45, 7) is 4.02. The van der Waals surface area contributed by atoms with Crippen LogP contribution in [0.2, 0.25) is 0 Å². The van der Waals surface area contributed by atoms with Gasteiger partial charge in [-0.25, -0.2) is 0 Å². The molecule has 2 bridgehead atoms. The van der Waals surface area contributed by atoms with Crippen LogP contribution < -0.4 is 0 Å². The van der Waals surface area contributed by atoms with Crippen LogP contribution in [0.15, 0.2) is 24.3 Å². The van der Waals surface area contributed by atoms with Crippen molar-refractivity contribution in [1.29, 1.82) is 0 Å². The third-order valence-corrected chi connectivity index (χ3v) is 2.32. The van der Waals surface area contributed by atoms with Crippen molar-refractivity contribution in [2.24, 2.45) is 11.8 Å². The zero-order valence-electron chi connectivity index (χ0n) is 4.93. The highest BCUT2D eigenvalue weighted by molar-refractivity contribution is 5.29. The van der Waals surface area contributed by atoms with Gasteiger partial charge in [0.2, 0.25) is 0 Å². The van der Waals surface area contributed by atoms with Gasteiger partial charge in [-0.15, -0.1) is 0 Å². The molecule has 2 rings (SSSR count). The van der Waals surface area contributed by atoms with Crippen molar-refractivity contribution in [3.05, 3.63) is 24.3 Å². The molecule has 0 saturated heterocycles. The third-order valence-electron chi connectivity index (χ3n) is 2.32. The summed E-state index contributed by atoms with van der Waals surface area (Å²) in [5.74, 6) is 1.53. The topological polar surface area (TPSA) is 0 Å². The van der Waals surface area contributed by atoms with E-state index in [-0.39, 0.29) is 0 Å². The average molecular weight is 106 g/mol. The Bertz CT molecular complexity index is 137. The number of allylic oxidation sites excluding steroid dienone is 3. The summed E-state index contributed by atoms with van der Waals surface area (Å²) in [4.78, 5) is 0. The van der Waals surface area contributed by atoms with E-state index in [2.05, 4.69) is 18.7 Å². The second kappa shape index (κ2) is 1.25. The molecule has 0 radical (unpaired) electrons. The highest BCUT2D eigenvalue weighted by Gasteiger charge is 2.29. The predicted molar refractivity (Wildman–Crippen MR) is 34.5 cm³/mol. The Morgan fingerprint density at radius 1 is 1.25 bits per heavy atom. The van der Waals surface area contributed by atoms with Crippen LogP contribution in [0.1, 0.15) is 12.8 Å². The summed E-state index contributed by atoms with van der Waals surface area (Å²) in [5.41, 5.74) is 1.46. The van der Waals surface area contributed by atoms with E-state index in [1.165, 1.54) is 18.4 Å². The van der Waals surface area contributed by atoms with Gasteiger partial charge in [0.15, 0.2) is 0 Å². The highest BCUT2D eigenvalue weighted by Crippen LogP contribution is 2.42. The van der Waals surface area contributed by atoms with E-state index in [1.54, 1.807) is 0 Å². The standard InChI is InChI=1S/C8H10/c1-6-7-2-3-8(6)5-4-7/h2-3,7-8H,1,4-5H2. The first-order valence-corrected chi connectivity index (χ1v) is 3.25. The first-order valence-electron chi connectivity index (χ1n) is 3.25. The first kappa shape index (κ1) is 4.37. The van der Waals surface area contributed by atoms with Crippen molar-refractivity contribution >= 4 is 0 Å². The number of rotatable bonds is 0. The fourth-order valence-corrected chi connectivity index (χ4v) is 1.71. The van der Waals surface area contributed by atoms with Crippen molar-refractivity contribution in [1.82, 2.24) is 0 Å². The van der Waals surface area contributed by atoms with Crippen LogP contribution in [0.3, 0.4) is 0 Å². The van der Waals surface area contributed by atoms with Crippen LogP contribution in [0.4, 0.5) is 0 Å². The summed E-state index contributed by atoms with van der Waals surface area (Å²) in [6.07, 6.45) is 7.33. The summed E-state index contributed by atoms with van der Waals surface area (Å²) >= 11 is 0. The molecule has 0 heterocycles. The molecule has 0 aromatic heterocycles. The molecule has 2 atom stereocenters. The van der Waals surface area contributed by atoms with Gasteiger partial charge in [-0.05, 0) is 24.7 Å². The Morgan fingerprint density at radius 3 is 1.88 bits per heavy atom. The van der Waals surface area contributed by atoms with Gasteiger partial charge in [-0.2, -0.15) is 0 Å². The van der Waals surface area contributed by atoms with Crippen LogP contribution >= 0.6 is 0 Å². The maximum Gasteiger partial charge on any atom is -0.00195 e. The Kier molecular flexibility index (Phi) is 0.682. The molecule has 42 valence electrons. The Morgan fingerprint density at radius 2 is 1.75 bits per heavy atom. The zero-order valence-corrected chi connectivity index (χ0v) is 4.93. The Labute approximate surface area is 49.9 Å². The SMILES string of the molecule is C=C1C2C=CC1CC2. The van der Waals surface area contributed by atoms with Gasteiger partial charge in [0.25, 0.3) is 0 Å². The molecular formula is C8H10. The lowest BCUT2D eigenvalue weighted by Crippen LogP contribution is -1.84. The maximum absolute atomic E-state index is 4.02. The summed E-state index contributed by atoms with van der Waals surface area (Å²) in [7, 11) is 0. The number of hydrogen-bond acceptors (Lipinski definition) is 0. The van der Waals surface area contributed by atoms with Gasteiger partial charge in [0, 0.05) is 0 Å². The molecule has 0 aromatic carbocycles. The van der Waals surface area contributed by atoms with E-state index in [9.17, 15) is 0 Å². The van der Waals surface area contributed by atoms with Gasteiger partial charge < -0.3 is 0 Å². The lowest BCUT2D eigenvalue weighted by Gasteiger charge is -1.96. The molecule has 1 fully saturated rings. The van der Waals surface area contributed by atoms with Crippen molar-refractivity contribution in [2.45, 2.75) is 12.8 Å². The Hall–Kier alpha value is -0.520. The lowest BCUT2D eigenvalue weighted by molar-refractivity contribution is 0.705. The van der Waals surface area contributed by atoms with Crippen LogP contribution in [0.5, 0.6) is 0 Å². The molecule has 8 heavy (non-hydrogen) atoms.